The molecule has 1 aromatic carbocycles. The van der Waals surface area contributed by atoms with Gasteiger partial charge in [-0.05, 0) is 31.0 Å². The molecule has 0 aliphatic carbocycles. The van der Waals surface area contributed by atoms with Gasteiger partial charge in [-0.3, -0.25) is 4.21 Å². The molecule has 1 heterocycles. The third-order valence-electron chi connectivity index (χ3n) is 3.45. The van der Waals surface area contributed by atoms with Crippen LogP contribution in [0.2, 0.25) is 0 Å². The van der Waals surface area contributed by atoms with Gasteiger partial charge in [0.25, 0.3) is 0 Å². The smallest absolute Gasteiger partial charge is 0.161 e. The standard InChI is InChI=1S/C15H23NO4S/c1-11(5-8-21(2)18)16-10-13(17)12-3-4-14-15(9-12)20-7-6-19-14/h3-4,9,11,13,16-17H,5-8,10H2,1-2H3. The Morgan fingerprint density at radius 3 is 2.76 bits per heavy atom. The van der Waals surface area contributed by atoms with Gasteiger partial charge in [0, 0.05) is 35.4 Å². The first-order valence-corrected chi connectivity index (χ1v) is 8.90. The second-order valence-corrected chi connectivity index (χ2v) is 6.85. The normalized spacial score (nSPS) is 18.0. The lowest BCUT2D eigenvalue weighted by Gasteiger charge is -2.21. The molecule has 0 spiro atoms. The molecule has 118 valence electrons. The second-order valence-electron chi connectivity index (χ2n) is 5.29. The Bertz CT molecular complexity index is 495. The minimum absolute atomic E-state index is 0.223. The zero-order chi connectivity index (χ0) is 15.2. The fourth-order valence-electron chi connectivity index (χ4n) is 2.14. The average Bonchev–Trinajstić information content (AvgIpc) is 2.50. The number of ether oxygens (including phenoxy) is 2. The number of fused-ring (bicyclic) bond motifs is 1. The summed E-state index contributed by atoms with van der Waals surface area (Å²) >= 11 is 0. The maximum atomic E-state index is 11.1. The van der Waals surface area contributed by atoms with Gasteiger partial charge in [-0.15, -0.1) is 0 Å². The molecule has 0 aromatic heterocycles. The van der Waals surface area contributed by atoms with Crippen LogP contribution in [0.15, 0.2) is 18.2 Å². The van der Waals surface area contributed by atoms with Crippen molar-refractivity contribution >= 4 is 10.8 Å². The summed E-state index contributed by atoms with van der Waals surface area (Å²) in [5.74, 6) is 2.09. The van der Waals surface area contributed by atoms with Crippen LogP contribution < -0.4 is 14.8 Å². The predicted molar refractivity (Wildman–Crippen MR) is 83.4 cm³/mol. The summed E-state index contributed by atoms with van der Waals surface area (Å²) < 4.78 is 22.0. The first-order chi connectivity index (χ1) is 10.1. The van der Waals surface area contributed by atoms with E-state index in [9.17, 15) is 9.32 Å². The number of rotatable bonds is 7. The molecule has 1 aliphatic heterocycles. The first-order valence-electron chi connectivity index (χ1n) is 7.17. The summed E-state index contributed by atoms with van der Waals surface area (Å²) in [6, 6.07) is 5.73. The van der Waals surface area contributed by atoms with Crippen molar-refractivity contribution in [2.45, 2.75) is 25.5 Å². The quantitative estimate of drug-likeness (QED) is 0.793. The van der Waals surface area contributed by atoms with E-state index in [0.29, 0.717) is 31.3 Å². The largest absolute Gasteiger partial charge is 0.486 e. The molecular weight excluding hydrogens is 290 g/mol. The fourth-order valence-corrected chi connectivity index (χ4v) is 2.83. The Balaban J connectivity index is 1.85. The van der Waals surface area contributed by atoms with Crippen LogP contribution in [0.1, 0.15) is 25.0 Å². The summed E-state index contributed by atoms with van der Waals surface area (Å²) in [7, 11) is -0.771. The van der Waals surface area contributed by atoms with Crippen molar-refractivity contribution in [2.75, 3.05) is 31.8 Å². The number of hydrogen-bond donors (Lipinski definition) is 2. The van der Waals surface area contributed by atoms with E-state index >= 15 is 0 Å². The molecule has 21 heavy (non-hydrogen) atoms. The average molecular weight is 313 g/mol. The Morgan fingerprint density at radius 2 is 2.05 bits per heavy atom. The molecule has 0 amide bonds. The minimum atomic E-state index is -0.771. The predicted octanol–water partition coefficient (Wildman–Crippen LogP) is 1.24. The molecule has 3 atom stereocenters. The molecule has 3 unspecified atom stereocenters. The highest BCUT2D eigenvalue weighted by Gasteiger charge is 2.16. The van der Waals surface area contributed by atoms with Crippen LogP contribution in [0.3, 0.4) is 0 Å². The first kappa shape index (κ1) is 16.3. The van der Waals surface area contributed by atoms with Crippen molar-refractivity contribution in [3.63, 3.8) is 0 Å². The van der Waals surface area contributed by atoms with Gasteiger partial charge < -0.3 is 19.9 Å². The summed E-state index contributed by atoms with van der Waals surface area (Å²) in [5, 5.41) is 13.5. The van der Waals surface area contributed by atoms with Crippen molar-refractivity contribution in [3.05, 3.63) is 23.8 Å². The van der Waals surface area contributed by atoms with E-state index in [4.69, 9.17) is 9.47 Å². The van der Waals surface area contributed by atoms with Crippen LogP contribution in [0.4, 0.5) is 0 Å². The summed E-state index contributed by atoms with van der Waals surface area (Å²) in [6.45, 7) is 3.59. The maximum absolute atomic E-state index is 11.1. The zero-order valence-electron chi connectivity index (χ0n) is 12.5. The van der Waals surface area contributed by atoms with Crippen molar-refractivity contribution < 1.29 is 18.8 Å². The van der Waals surface area contributed by atoms with Crippen LogP contribution in [0, 0.1) is 0 Å². The molecular formula is C15H23NO4S. The Hall–Kier alpha value is -1.11. The van der Waals surface area contributed by atoms with Crippen molar-refractivity contribution in [1.82, 2.24) is 5.32 Å². The molecule has 1 aromatic rings. The van der Waals surface area contributed by atoms with E-state index < -0.39 is 16.9 Å². The van der Waals surface area contributed by atoms with Gasteiger partial charge in [-0.25, -0.2) is 0 Å². The Labute approximate surface area is 128 Å². The van der Waals surface area contributed by atoms with E-state index in [-0.39, 0.29) is 6.04 Å². The topological polar surface area (TPSA) is 67.8 Å². The summed E-state index contributed by atoms with van der Waals surface area (Å²) in [6.07, 6.45) is 1.93. The van der Waals surface area contributed by atoms with Crippen LogP contribution >= 0.6 is 0 Å². The minimum Gasteiger partial charge on any atom is -0.486 e. The van der Waals surface area contributed by atoms with E-state index in [1.165, 1.54) is 0 Å². The molecule has 1 aliphatic rings. The summed E-state index contributed by atoms with van der Waals surface area (Å²) in [4.78, 5) is 0. The van der Waals surface area contributed by atoms with Crippen molar-refractivity contribution in [3.8, 4) is 11.5 Å². The number of benzene rings is 1. The third kappa shape index (κ3) is 4.98. The SMILES string of the molecule is CC(CCS(C)=O)NCC(O)c1ccc2c(c1)OCCO2. The third-order valence-corrected chi connectivity index (χ3v) is 4.26. The number of hydrogen-bond acceptors (Lipinski definition) is 5. The molecule has 6 heteroatoms. The molecule has 0 radical (unpaired) electrons. The van der Waals surface area contributed by atoms with Crippen molar-refractivity contribution in [1.29, 1.82) is 0 Å². The van der Waals surface area contributed by atoms with Gasteiger partial charge in [-0.2, -0.15) is 0 Å². The summed E-state index contributed by atoms with van der Waals surface area (Å²) in [5.41, 5.74) is 0.804. The zero-order valence-corrected chi connectivity index (χ0v) is 13.3. The van der Waals surface area contributed by atoms with E-state index in [1.807, 2.05) is 25.1 Å². The molecule has 0 saturated carbocycles. The Morgan fingerprint density at radius 1 is 1.33 bits per heavy atom. The van der Waals surface area contributed by atoms with E-state index in [2.05, 4.69) is 5.32 Å². The highest BCUT2D eigenvalue weighted by Crippen LogP contribution is 2.32. The highest BCUT2D eigenvalue weighted by molar-refractivity contribution is 7.84. The van der Waals surface area contributed by atoms with E-state index in [1.54, 1.807) is 6.26 Å². The fraction of sp³-hybridized carbons (Fsp3) is 0.600. The van der Waals surface area contributed by atoms with Gasteiger partial charge in [0.1, 0.15) is 13.2 Å². The van der Waals surface area contributed by atoms with Gasteiger partial charge in [0.15, 0.2) is 11.5 Å². The molecule has 0 bridgehead atoms. The Kier molecular flexibility index (Phi) is 6.02. The van der Waals surface area contributed by atoms with Crippen LogP contribution in [-0.4, -0.2) is 47.1 Å². The molecule has 0 saturated heterocycles. The molecule has 2 rings (SSSR count). The van der Waals surface area contributed by atoms with E-state index in [0.717, 1.165) is 17.7 Å². The molecule has 0 fully saturated rings. The van der Waals surface area contributed by atoms with Crippen LogP contribution in [0.5, 0.6) is 11.5 Å². The lowest BCUT2D eigenvalue weighted by molar-refractivity contribution is 0.161. The number of nitrogens with one attached hydrogen (secondary N) is 1. The monoisotopic (exact) mass is 313 g/mol. The van der Waals surface area contributed by atoms with Gasteiger partial charge in [-0.1, -0.05) is 6.07 Å². The highest BCUT2D eigenvalue weighted by atomic mass is 32.2. The van der Waals surface area contributed by atoms with Crippen molar-refractivity contribution in [2.24, 2.45) is 0 Å². The number of aliphatic hydroxyl groups is 1. The lowest BCUT2D eigenvalue weighted by atomic mass is 10.1. The van der Waals surface area contributed by atoms with Gasteiger partial charge in [0.2, 0.25) is 0 Å². The lowest BCUT2D eigenvalue weighted by Crippen LogP contribution is -2.31. The molecule has 2 N–H and O–H groups in total. The maximum Gasteiger partial charge on any atom is 0.161 e. The molecule has 5 nitrogen and oxygen atoms in total. The van der Waals surface area contributed by atoms with Gasteiger partial charge >= 0.3 is 0 Å². The van der Waals surface area contributed by atoms with Crippen LogP contribution in [0.25, 0.3) is 0 Å². The van der Waals surface area contributed by atoms with Gasteiger partial charge in [0.05, 0.1) is 6.10 Å². The van der Waals surface area contributed by atoms with Crippen LogP contribution in [-0.2, 0) is 10.8 Å². The number of aliphatic hydroxyl groups excluding tert-OH is 1. The second kappa shape index (κ2) is 7.77.